The normalized spacial score (nSPS) is 25.1. The smallest absolute Gasteiger partial charge is 0.273 e. The molecule has 1 saturated heterocycles. The van der Waals surface area contributed by atoms with E-state index in [1.54, 1.807) is 18.4 Å². The number of furan rings is 1. The molecule has 0 saturated carbocycles. The van der Waals surface area contributed by atoms with Crippen LogP contribution in [-0.2, 0) is 9.53 Å². The number of carbonyl (C=O) groups is 2. The number of fused-ring (bicyclic) bond motifs is 1. The van der Waals surface area contributed by atoms with Crippen LogP contribution in [0.25, 0.3) is 11.5 Å². The Morgan fingerprint density at radius 3 is 2.87 bits per heavy atom. The molecule has 0 bridgehead atoms. The minimum Gasteiger partial charge on any atom is -0.463 e. The second-order valence-corrected chi connectivity index (χ2v) is 10.5. The number of Topliss-reactive ketones (excluding diaryl/α,β-unsaturated/α-hetero) is 1. The number of hydrogen-bond donors (Lipinski definition) is 2. The van der Waals surface area contributed by atoms with E-state index in [1.165, 1.54) is 11.3 Å². The number of hydrogen-bond acceptors (Lipinski definition) is 7. The SMILES string of the molecule is O=C(Nc1nc(-c2ccco2)c(C(=O)C2CCOCC2)s1)C1=CC2(I)C=CC=CC2N1. The first kappa shape index (κ1) is 20.7. The Morgan fingerprint density at radius 1 is 1.29 bits per heavy atom. The lowest BCUT2D eigenvalue weighted by Gasteiger charge is -2.24. The van der Waals surface area contributed by atoms with Gasteiger partial charge in [-0.2, -0.15) is 0 Å². The summed E-state index contributed by atoms with van der Waals surface area (Å²) in [5.74, 6) is 0.152. The predicted molar refractivity (Wildman–Crippen MR) is 126 cm³/mol. The summed E-state index contributed by atoms with van der Waals surface area (Å²) in [6.45, 7) is 1.16. The van der Waals surface area contributed by atoms with Gasteiger partial charge in [0.05, 0.1) is 21.4 Å². The summed E-state index contributed by atoms with van der Waals surface area (Å²) in [4.78, 5) is 31.2. The lowest BCUT2D eigenvalue weighted by Crippen LogP contribution is -2.37. The Bertz CT molecular complexity index is 1100. The fourth-order valence-electron chi connectivity index (χ4n) is 3.92. The average Bonchev–Trinajstić information content (AvgIpc) is 3.51. The molecule has 160 valence electrons. The first-order valence-corrected chi connectivity index (χ1v) is 12.0. The molecule has 9 heteroatoms. The van der Waals surface area contributed by atoms with Crippen LogP contribution < -0.4 is 10.6 Å². The van der Waals surface area contributed by atoms with E-state index in [4.69, 9.17) is 9.15 Å². The maximum absolute atomic E-state index is 13.2. The van der Waals surface area contributed by atoms with Crippen molar-refractivity contribution in [1.29, 1.82) is 0 Å². The van der Waals surface area contributed by atoms with E-state index in [0.29, 0.717) is 53.2 Å². The molecular weight excluding hydrogens is 529 g/mol. The highest BCUT2D eigenvalue weighted by Crippen LogP contribution is 2.38. The van der Waals surface area contributed by atoms with Gasteiger partial charge < -0.3 is 14.5 Å². The minimum atomic E-state index is -0.281. The summed E-state index contributed by atoms with van der Waals surface area (Å²) < 4.78 is 10.6. The Hall–Kier alpha value is -2.24. The summed E-state index contributed by atoms with van der Waals surface area (Å²) in [5.41, 5.74) is 0.961. The van der Waals surface area contributed by atoms with Gasteiger partial charge in [0.2, 0.25) is 0 Å². The zero-order chi connectivity index (χ0) is 21.4. The third-order valence-electron chi connectivity index (χ3n) is 5.58. The predicted octanol–water partition coefficient (Wildman–Crippen LogP) is 4.11. The lowest BCUT2D eigenvalue weighted by atomic mass is 9.94. The van der Waals surface area contributed by atoms with Crippen LogP contribution in [0.15, 0.2) is 58.9 Å². The van der Waals surface area contributed by atoms with Crippen LogP contribution in [0.3, 0.4) is 0 Å². The molecular formula is C22H20IN3O4S. The number of anilines is 1. The van der Waals surface area contributed by atoms with E-state index in [-0.39, 0.29) is 27.1 Å². The molecule has 1 fully saturated rings. The summed E-state index contributed by atoms with van der Waals surface area (Å²) in [6.07, 6.45) is 12.9. The van der Waals surface area contributed by atoms with Crippen LogP contribution in [0.5, 0.6) is 0 Å². The van der Waals surface area contributed by atoms with Crippen LogP contribution in [0.1, 0.15) is 22.5 Å². The van der Waals surface area contributed by atoms with E-state index in [0.717, 1.165) is 0 Å². The van der Waals surface area contributed by atoms with Crippen LogP contribution in [-0.4, -0.2) is 39.4 Å². The number of aromatic nitrogens is 1. The lowest BCUT2D eigenvalue weighted by molar-refractivity contribution is -0.113. The molecule has 3 aliphatic rings. The van der Waals surface area contributed by atoms with Gasteiger partial charge >= 0.3 is 0 Å². The maximum atomic E-state index is 13.2. The van der Waals surface area contributed by atoms with Crippen molar-refractivity contribution < 1.29 is 18.7 Å². The highest BCUT2D eigenvalue weighted by molar-refractivity contribution is 14.1. The van der Waals surface area contributed by atoms with Gasteiger partial charge in [0.1, 0.15) is 10.6 Å². The maximum Gasteiger partial charge on any atom is 0.273 e. The van der Waals surface area contributed by atoms with Crippen molar-refractivity contribution in [1.82, 2.24) is 10.3 Å². The third-order valence-corrected chi connectivity index (χ3v) is 7.91. The molecule has 2 aromatic heterocycles. The van der Waals surface area contributed by atoms with Gasteiger partial charge in [-0.15, -0.1) is 0 Å². The summed E-state index contributed by atoms with van der Waals surface area (Å²) in [6, 6.07) is 3.55. The molecule has 31 heavy (non-hydrogen) atoms. The van der Waals surface area contributed by atoms with Gasteiger partial charge in [-0.05, 0) is 31.1 Å². The van der Waals surface area contributed by atoms with Gasteiger partial charge in [-0.25, -0.2) is 4.98 Å². The number of ether oxygens (including phenoxy) is 1. The van der Waals surface area contributed by atoms with Gasteiger partial charge in [0.15, 0.2) is 16.7 Å². The number of allylic oxidation sites excluding steroid dienone is 2. The number of nitrogens with zero attached hydrogens (tertiary/aromatic N) is 1. The monoisotopic (exact) mass is 549 g/mol. The van der Waals surface area contributed by atoms with Crippen molar-refractivity contribution in [2.24, 2.45) is 5.92 Å². The highest BCUT2D eigenvalue weighted by Gasteiger charge is 2.39. The molecule has 2 aromatic rings. The molecule has 1 amide bonds. The summed E-state index contributed by atoms with van der Waals surface area (Å²) in [5, 5.41) is 6.49. The summed E-state index contributed by atoms with van der Waals surface area (Å²) in [7, 11) is 0. The third kappa shape index (κ3) is 4.01. The molecule has 7 nitrogen and oxygen atoms in total. The van der Waals surface area contributed by atoms with Crippen molar-refractivity contribution in [2.45, 2.75) is 22.3 Å². The van der Waals surface area contributed by atoms with Crippen molar-refractivity contribution in [3.63, 3.8) is 0 Å². The quantitative estimate of drug-likeness (QED) is 0.332. The van der Waals surface area contributed by atoms with E-state index in [1.807, 2.05) is 24.3 Å². The molecule has 2 atom stereocenters. The molecule has 2 N–H and O–H groups in total. The second kappa shape index (κ2) is 8.36. The van der Waals surface area contributed by atoms with Gasteiger partial charge in [0.25, 0.3) is 5.91 Å². The van der Waals surface area contributed by atoms with Crippen molar-refractivity contribution in [3.8, 4) is 11.5 Å². The Morgan fingerprint density at radius 2 is 2.13 bits per heavy atom. The molecule has 0 aromatic carbocycles. The minimum absolute atomic E-state index is 0.0263. The number of carbonyl (C=O) groups excluding carboxylic acids is 2. The molecule has 4 heterocycles. The second-order valence-electron chi connectivity index (χ2n) is 7.63. The zero-order valence-corrected chi connectivity index (χ0v) is 19.4. The number of alkyl halides is 1. The molecule has 2 unspecified atom stereocenters. The van der Waals surface area contributed by atoms with E-state index >= 15 is 0 Å². The van der Waals surface area contributed by atoms with Crippen molar-refractivity contribution in [3.05, 3.63) is 59.4 Å². The number of ketones is 1. The molecule has 2 aliphatic heterocycles. The molecule has 0 spiro atoms. The van der Waals surface area contributed by atoms with Crippen LogP contribution >= 0.6 is 33.9 Å². The average molecular weight is 549 g/mol. The molecule has 0 radical (unpaired) electrons. The number of rotatable bonds is 5. The van der Waals surface area contributed by atoms with E-state index in [2.05, 4.69) is 44.3 Å². The van der Waals surface area contributed by atoms with Crippen LogP contribution in [0.4, 0.5) is 5.13 Å². The van der Waals surface area contributed by atoms with Crippen LogP contribution in [0.2, 0.25) is 0 Å². The Kier molecular flexibility index (Phi) is 5.57. The number of nitrogens with one attached hydrogen (secondary N) is 2. The first-order valence-electron chi connectivity index (χ1n) is 10.1. The zero-order valence-electron chi connectivity index (χ0n) is 16.5. The van der Waals surface area contributed by atoms with Crippen molar-refractivity contribution in [2.75, 3.05) is 18.5 Å². The molecule has 5 rings (SSSR count). The fraction of sp³-hybridized carbons (Fsp3) is 0.318. The number of halogens is 1. The highest BCUT2D eigenvalue weighted by atomic mass is 127. The Balaban J connectivity index is 1.40. The largest absolute Gasteiger partial charge is 0.463 e. The molecule has 1 aliphatic carbocycles. The summed E-state index contributed by atoms with van der Waals surface area (Å²) >= 11 is 3.53. The fourth-order valence-corrected chi connectivity index (χ4v) is 5.78. The van der Waals surface area contributed by atoms with Crippen molar-refractivity contribution >= 4 is 50.7 Å². The topological polar surface area (TPSA) is 93.5 Å². The first-order chi connectivity index (χ1) is 15.0. The van der Waals surface area contributed by atoms with E-state index in [9.17, 15) is 9.59 Å². The number of thiazole rings is 1. The van der Waals surface area contributed by atoms with E-state index < -0.39 is 0 Å². The number of amides is 1. The van der Waals surface area contributed by atoms with Gasteiger partial charge in [0, 0.05) is 19.1 Å². The van der Waals surface area contributed by atoms with Gasteiger partial charge in [-0.3, -0.25) is 14.9 Å². The standard InChI is InChI=1S/C22H20IN3O4S/c23-22-8-2-1-5-16(22)24-14(12-22)20(28)26-21-25-17(15-4-3-9-30-15)19(31-21)18(27)13-6-10-29-11-7-13/h1-5,8-9,12-13,16,24H,6-7,10-11H2,(H,25,26,28). The van der Waals surface area contributed by atoms with Crippen LogP contribution in [0, 0.1) is 5.92 Å². The Labute approximate surface area is 196 Å². The van der Waals surface area contributed by atoms with Gasteiger partial charge in [-0.1, -0.05) is 58.2 Å².